The Bertz CT molecular complexity index is 634. The molecule has 1 aliphatic carbocycles. The lowest BCUT2D eigenvalue weighted by atomic mass is 9.92. The van der Waals surface area contributed by atoms with Crippen molar-refractivity contribution >= 4 is 32.5 Å². The molecule has 100 valence electrons. The van der Waals surface area contributed by atoms with Crippen LogP contribution in [0, 0.1) is 6.92 Å². The summed E-state index contributed by atoms with van der Waals surface area (Å²) in [6.07, 6.45) is 4.84. The number of nitrogens with one attached hydrogen (secondary N) is 1. The van der Waals surface area contributed by atoms with Crippen molar-refractivity contribution in [1.82, 2.24) is 4.98 Å². The third kappa shape index (κ3) is 2.25. The molecule has 3 rings (SSSR count). The van der Waals surface area contributed by atoms with Gasteiger partial charge in [-0.3, -0.25) is 4.98 Å². The van der Waals surface area contributed by atoms with E-state index in [1.165, 1.54) is 40.7 Å². The summed E-state index contributed by atoms with van der Waals surface area (Å²) in [7, 11) is 0. The van der Waals surface area contributed by atoms with Gasteiger partial charge in [0.2, 0.25) is 0 Å². The second-order valence-electron chi connectivity index (χ2n) is 5.27. The Hall–Kier alpha value is -1.09. The normalized spacial score (nSPS) is 14.5. The number of hydrogen-bond acceptors (Lipinski definition) is 2. The lowest BCUT2D eigenvalue weighted by Gasteiger charge is -2.22. The van der Waals surface area contributed by atoms with E-state index in [4.69, 9.17) is 4.98 Å². The van der Waals surface area contributed by atoms with Crippen LogP contribution in [0.25, 0.3) is 10.9 Å². The van der Waals surface area contributed by atoms with Crippen molar-refractivity contribution in [3.8, 4) is 0 Å². The zero-order chi connectivity index (χ0) is 13.4. The second kappa shape index (κ2) is 5.12. The van der Waals surface area contributed by atoms with Crippen molar-refractivity contribution in [2.45, 2.75) is 39.5 Å². The van der Waals surface area contributed by atoms with Crippen molar-refractivity contribution < 1.29 is 0 Å². The third-order valence-corrected chi connectivity index (χ3v) is 4.33. The molecule has 19 heavy (non-hydrogen) atoms. The number of aryl methyl sites for hydroxylation is 2. The summed E-state index contributed by atoms with van der Waals surface area (Å²) in [6.45, 7) is 5.26. The second-order valence-corrected chi connectivity index (χ2v) is 6.18. The van der Waals surface area contributed by atoms with Crippen molar-refractivity contribution in [1.29, 1.82) is 0 Å². The molecule has 1 aromatic heterocycles. The Kier molecular flexibility index (Phi) is 3.48. The molecule has 0 amide bonds. The highest BCUT2D eigenvalue weighted by Gasteiger charge is 2.18. The molecular formula is C16H19BrN2. The molecule has 1 heterocycles. The number of halogens is 1. The Morgan fingerprint density at radius 3 is 2.84 bits per heavy atom. The Balaban J connectivity index is 2.35. The van der Waals surface area contributed by atoms with Gasteiger partial charge < -0.3 is 5.32 Å². The first-order chi connectivity index (χ1) is 9.20. The van der Waals surface area contributed by atoms with Crippen LogP contribution in [-0.2, 0) is 12.8 Å². The number of aromatic nitrogens is 1. The summed E-state index contributed by atoms with van der Waals surface area (Å²) < 4.78 is 1.13. The van der Waals surface area contributed by atoms with E-state index in [1.54, 1.807) is 0 Å². The first-order valence-corrected chi connectivity index (χ1v) is 7.85. The molecule has 0 saturated carbocycles. The molecule has 0 atom stereocenters. The minimum atomic E-state index is 0.955. The largest absolute Gasteiger partial charge is 0.384 e. The van der Waals surface area contributed by atoms with E-state index in [-0.39, 0.29) is 0 Å². The van der Waals surface area contributed by atoms with Crippen LogP contribution < -0.4 is 5.32 Å². The number of nitrogens with zero attached hydrogens (tertiary/aromatic N) is 1. The van der Waals surface area contributed by atoms with E-state index < -0.39 is 0 Å². The highest BCUT2D eigenvalue weighted by atomic mass is 79.9. The molecule has 0 unspecified atom stereocenters. The minimum Gasteiger partial charge on any atom is -0.384 e. The monoisotopic (exact) mass is 318 g/mol. The van der Waals surface area contributed by atoms with E-state index in [2.05, 4.69) is 47.2 Å². The van der Waals surface area contributed by atoms with Gasteiger partial charge in [-0.25, -0.2) is 0 Å². The van der Waals surface area contributed by atoms with Gasteiger partial charge in [-0.1, -0.05) is 15.9 Å². The SMILES string of the molecule is CCNc1c2c(nc3c(C)cc(Br)cc13)CCCC2. The molecule has 0 spiro atoms. The van der Waals surface area contributed by atoms with E-state index in [9.17, 15) is 0 Å². The zero-order valence-corrected chi connectivity index (χ0v) is 13.1. The van der Waals surface area contributed by atoms with Gasteiger partial charge in [-0.2, -0.15) is 0 Å². The van der Waals surface area contributed by atoms with E-state index in [1.807, 2.05) is 0 Å². The molecule has 0 bridgehead atoms. The van der Waals surface area contributed by atoms with Gasteiger partial charge in [-0.15, -0.1) is 0 Å². The predicted octanol–water partition coefficient (Wildman–Crippen LogP) is 4.62. The lowest BCUT2D eigenvalue weighted by Crippen LogP contribution is -2.11. The predicted molar refractivity (Wildman–Crippen MR) is 85.0 cm³/mol. The molecule has 0 saturated heterocycles. The fraction of sp³-hybridized carbons (Fsp3) is 0.438. The fourth-order valence-electron chi connectivity index (χ4n) is 3.03. The minimum absolute atomic E-state index is 0.955. The number of rotatable bonds is 2. The van der Waals surface area contributed by atoms with Crippen molar-refractivity contribution in [2.75, 3.05) is 11.9 Å². The summed E-state index contributed by atoms with van der Waals surface area (Å²) in [4.78, 5) is 4.94. The quantitative estimate of drug-likeness (QED) is 0.874. The number of pyridine rings is 1. The van der Waals surface area contributed by atoms with Gasteiger partial charge in [-0.05, 0) is 62.8 Å². The van der Waals surface area contributed by atoms with Crippen molar-refractivity contribution in [3.05, 3.63) is 33.4 Å². The number of benzene rings is 1. The summed E-state index contributed by atoms with van der Waals surface area (Å²) in [6, 6.07) is 4.35. The van der Waals surface area contributed by atoms with Gasteiger partial charge in [0.05, 0.1) is 5.52 Å². The van der Waals surface area contributed by atoms with Crippen molar-refractivity contribution in [2.24, 2.45) is 0 Å². The standard InChI is InChI=1S/C16H19BrN2/c1-3-18-16-12-6-4-5-7-14(12)19-15-10(2)8-11(17)9-13(15)16/h8-9H,3-7H2,1-2H3,(H,18,19). The van der Waals surface area contributed by atoms with Gasteiger partial charge >= 0.3 is 0 Å². The number of anilines is 1. The highest BCUT2D eigenvalue weighted by Crippen LogP contribution is 2.35. The van der Waals surface area contributed by atoms with Gasteiger partial charge in [0.15, 0.2) is 0 Å². The van der Waals surface area contributed by atoms with Crippen LogP contribution in [0.3, 0.4) is 0 Å². The van der Waals surface area contributed by atoms with Crippen LogP contribution in [0.2, 0.25) is 0 Å². The molecule has 1 aliphatic rings. The smallest absolute Gasteiger partial charge is 0.0756 e. The van der Waals surface area contributed by atoms with Crippen LogP contribution in [0.5, 0.6) is 0 Å². The Morgan fingerprint density at radius 1 is 1.26 bits per heavy atom. The molecule has 3 heteroatoms. The highest BCUT2D eigenvalue weighted by molar-refractivity contribution is 9.10. The van der Waals surface area contributed by atoms with Crippen LogP contribution in [0.4, 0.5) is 5.69 Å². The van der Waals surface area contributed by atoms with E-state index in [0.29, 0.717) is 0 Å². The third-order valence-electron chi connectivity index (χ3n) is 3.88. The Labute approximate surface area is 122 Å². The molecule has 1 aromatic carbocycles. The molecule has 1 N–H and O–H groups in total. The average molecular weight is 319 g/mol. The van der Waals surface area contributed by atoms with Gasteiger partial charge in [0, 0.05) is 27.8 Å². The summed E-state index contributed by atoms with van der Waals surface area (Å²) in [5.74, 6) is 0. The van der Waals surface area contributed by atoms with Gasteiger partial charge in [0.25, 0.3) is 0 Å². The maximum atomic E-state index is 4.94. The molecule has 2 aromatic rings. The Morgan fingerprint density at radius 2 is 2.05 bits per heavy atom. The average Bonchev–Trinajstić information content (AvgIpc) is 2.40. The molecule has 2 nitrogen and oxygen atoms in total. The topological polar surface area (TPSA) is 24.9 Å². The van der Waals surface area contributed by atoms with Crippen LogP contribution >= 0.6 is 15.9 Å². The molecule has 0 radical (unpaired) electrons. The summed E-state index contributed by atoms with van der Waals surface area (Å²) >= 11 is 3.61. The maximum absolute atomic E-state index is 4.94. The number of hydrogen-bond donors (Lipinski definition) is 1. The van der Waals surface area contributed by atoms with Gasteiger partial charge in [0.1, 0.15) is 0 Å². The van der Waals surface area contributed by atoms with E-state index in [0.717, 1.165) is 29.4 Å². The van der Waals surface area contributed by atoms with Crippen molar-refractivity contribution in [3.63, 3.8) is 0 Å². The fourth-order valence-corrected chi connectivity index (χ4v) is 3.61. The summed E-state index contributed by atoms with van der Waals surface area (Å²) in [5.41, 5.74) is 6.46. The maximum Gasteiger partial charge on any atom is 0.0756 e. The molecular weight excluding hydrogens is 300 g/mol. The molecule has 0 fully saturated rings. The van der Waals surface area contributed by atoms with Crippen LogP contribution in [-0.4, -0.2) is 11.5 Å². The first-order valence-electron chi connectivity index (χ1n) is 7.06. The first kappa shape index (κ1) is 12.9. The van der Waals surface area contributed by atoms with Crippen LogP contribution in [0.15, 0.2) is 16.6 Å². The number of fused-ring (bicyclic) bond motifs is 2. The zero-order valence-electron chi connectivity index (χ0n) is 11.5. The molecule has 0 aliphatic heterocycles. The van der Waals surface area contributed by atoms with Crippen LogP contribution in [0.1, 0.15) is 36.6 Å². The summed E-state index contributed by atoms with van der Waals surface area (Å²) in [5, 5.41) is 4.83. The lowest BCUT2D eigenvalue weighted by molar-refractivity contribution is 0.672. The van der Waals surface area contributed by atoms with E-state index >= 15 is 0 Å².